The number of piperidine rings is 1. The Hall–Kier alpha value is -4.21. The fourth-order valence-corrected chi connectivity index (χ4v) is 4.19. The van der Waals surface area contributed by atoms with Crippen LogP contribution >= 0.6 is 0 Å². The number of ether oxygens (including phenoxy) is 1. The molecule has 0 unspecified atom stereocenters. The van der Waals surface area contributed by atoms with Crippen molar-refractivity contribution in [1.29, 1.82) is 0 Å². The van der Waals surface area contributed by atoms with E-state index in [1.54, 1.807) is 29.2 Å². The number of likely N-dealkylation sites (tertiary alicyclic amines) is 1. The van der Waals surface area contributed by atoms with Crippen molar-refractivity contribution >= 4 is 23.5 Å². The number of carbonyl (C=O) groups excluding carboxylic acids is 3. The van der Waals surface area contributed by atoms with Crippen LogP contribution < -0.4 is 15.0 Å². The van der Waals surface area contributed by atoms with Crippen LogP contribution in [0, 0.1) is 0 Å². The third-order valence-corrected chi connectivity index (χ3v) is 5.87. The average molecular weight is 461 g/mol. The van der Waals surface area contributed by atoms with E-state index in [4.69, 9.17) is 9.26 Å². The number of nitrogens with one attached hydrogen (secondary N) is 1. The zero-order valence-electron chi connectivity index (χ0n) is 18.3. The zero-order valence-corrected chi connectivity index (χ0v) is 18.3. The predicted octanol–water partition coefficient (Wildman–Crippen LogP) is 2.93. The lowest BCUT2D eigenvalue weighted by Crippen LogP contribution is -2.41. The molecule has 5 rings (SSSR count). The molecule has 2 aliphatic heterocycles. The highest BCUT2D eigenvalue weighted by Gasteiger charge is 2.32. The van der Waals surface area contributed by atoms with Crippen LogP contribution in [0.15, 0.2) is 59.1 Å². The maximum atomic E-state index is 12.9. The molecular weight excluding hydrogens is 438 g/mol. The van der Waals surface area contributed by atoms with Crippen molar-refractivity contribution < 1.29 is 23.6 Å². The van der Waals surface area contributed by atoms with Gasteiger partial charge in [-0.3, -0.25) is 19.8 Å². The Kier molecular flexibility index (Phi) is 5.94. The van der Waals surface area contributed by atoms with Gasteiger partial charge >= 0.3 is 6.03 Å². The summed E-state index contributed by atoms with van der Waals surface area (Å²) in [5.41, 5.74) is 1.16. The molecule has 1 aromatic heterocycles. The van der Waals surface area contributed by atoms with E-state index in [1.807, 2.05) is 30.3 Å². The van der Waals surface area contributed by atoms with E-state index in [-0.39, 0.29) is 36.9 Å². The van der Waals surface area contributed by atoms with Crippen LogP contribution in [0.25, 0.3) is 11.5 Å². The number of carbonyl (C=O) groups is 3. The average Bonchev–Trinajstić information content (AvgIpc) is 3.49. The molecule has 2 saturated heterocycles. The molecule has 0 aliphatic carbocycles. The second kappa shape index (κ2) is 9.34. The number of amides is 4. The smallest absolute Gasteiger partial charge is 0.329 e. The summed E-state index contributed by atoms with van der Waals surface area (Å²) in [7, 11) is 0. The van der Waals surface area contributed by atoms with Crippen LogP contribution in [0.3, 0.4) is 0 Å². The minimum absolute atomic E-state index is 0.0401. The van der Waals surface area contributed by atoms with Crippen LogP contribution in [-0.2, 0) is 9.59 Å². The van der Waals surface area contributed by atoms with Gasteiger partial charge in [0.25, 0.3) is 11.8 Å². The summed E-state index contributed by atoms with van der Waals surface area (Å²) in [6.45, 7) is 0.491. The lowest BCUT2D eigenvalue weighted by molar-refractivity contribution is -0.137. The molecule has 0 bridgehead atoms. The van der Waals surface area contributed by atoms with Crippen molar-refractivity contribution in [3.63, 3.8) is 0 Å². The SMILES string of the molecule is O=C1CN(c2cccc(-c3nc([C@H]4CCCCN4C(=O)COc4ccccc4)no3)c2)C(=O)N1. The Morgan fingerprint density at radius 2 is 1.97 bits per heavy atom. The monoisotopic (exact) mass is 461 g/mol. The molecule has 3 aromatic rings. The lowest BCUT2D eigenvalue weighted by atomic mass is 10.0. The number of hydrogen-bond acceptors (Lipinski definition) is 7. The second-order valence-corrected chi connectivity index (χ2v) is 8.15. The first-order valence-electron chi connectivity index (χ1n) is 11.1. The maximum absolute atomic E-state index is 12.9. The Bertz CT molecular complexity index is 1210. The molecule has 0 saturated carbocycles. The van der Waals surface area contributed by atoms with Gasteiger partial charge in [-0.05, 0) is 49.6 Å². The molecule has 0 radical (unpaired) electrons. The molecule has 174 valence electrons. The van der Waals surface area contributed by atoms with Crippen LogP contribution in [-0.4, -0.2) is 52.6 Å². The first kappa shape index (κ1) is 21.6. The first-order valence-corrected chi connectivity index (χ1v) is 11.1. The number of imide groups is 1. The summed E-state index contributed by atoms with van der Waals surface area (Å²) in [6, 6.07) is 15.4. The lowest BCUT2D eigenvalue weighted by Gasteiger charge is -2.33. The molecule has 1 atom stereocenters. The summed E-state index contributed by atoms with van der Waals surface area (Å²) in [5, 5.41) is 6.41. The Morgan fingerprint density at radius 1 is 1.12 bits per heavy atom. The number of urea groups is 1. The molecule has 10 nitrogen and oxygen atoms in total. The molecule has 2 aliphatic rings. The highest BCUT2D eigenvalue weighted by Crippen LogP contribution is 2.32. The van der Waals surface area contributed by atoms with Gasteiger partial charge in [0.1, 0.15) is 12.3 Å². The highest BCUT2D eigenvalue weighted by atomic mass is 16.5. The van der Waals surface area contributed by atoms with Crippen molar-refractivity contribution in [2.75, 3.05) is 24.6 Å². The minimum atomic E-state index is -0.470. The van der Waals surface area contributed by atoms with Gasteiger partial charge in [-0.15, -0.1) is 0 Å². The predicted molar refractivity (Wildman–Crippen MR) is 121 cm³/mol. The molecule has 4 amide bonds. The van der Waals surface area contributed by atoms with Gasteiger partial charge in [-0.25, -0.2) is 4.79 Å². The van der Waals surface area contributed by atoms with E-state index in [1.165, 1.54) is 4.90 Å². The van der Waals surface area contributed by atoms with E-state index < -0.39 is 6.03 Å². The van der Waals surface area contributed by atoms with Crippen LogP contribution in [0.1, 0.15) is 31.1 Å². The first-order chi connectivity index (χ1) is 16.6. The van der Waals surface area contributed by atoms with Crippen molar-refractivity contribution in [2.45, 2.75) is 25.3 Å². The molecular formula is C24H23N5O5. The summed E-state index contributed by atoms with van der Waals surface area (Å²) >= 11 is 0. The number of nitrogens with zero attached hydrogens (tertiary/aromatic N) is 4. The van der Waals surface area contributed by atoms with Crippen LogP contribution in [0.2, 0.25) is 0 Å². The maximum Gasteiger partial charge on any atom is 0.329 e. The van der Waals surface area contributed by atoms with Gasteiger partial charge in [0.2, 0.25) is 5.91 Å². The van der Waals surface area contributed by atoms with Gasteiger partial charge in [-0.1, -0.05) is 29.4 Å². The molecule has 10 heteroatoms. The van der Waals surface area contributed by atoms with E-state index in [2.05, 4.69) is 15.5 Å². The number of aromatic nitrogens is 2. The Labute approximate surface area is 195 Å². The Balaban J connectivity index is 1.32. The zero-order chi connectivity index (χ0) is 23.5. The van der Waals surface area contributed by atoms with Crippen molar-refractivity contribution in [2.24, 2.45) is 0 Å². The quantitative estimate of drug-likeness (QED) is 0.561. The van der Waals surface area contributed by atoms with E-state index in [0.717, 1.165) is 19.3 Å². The molecule has 3 heterocycles. The fourth-order valence-electron chi connectivity index (χ4n) is 4.19. The highest BCUT2D eigenvalue weighted by molar-refractivity contribution is 6.12. The summed E-state index contributed by atoms with van der Waals surface area (Å²) in [6.07, 6.45) is 2.58. The van der Waals surface area contributed by atoms with Crippen LogP contribution in [0.4, 0.5) is 10.5 Å². The summed E-state index contributed by atoms with van der Waals surface area (Å²) in [4.78, 5) is 44.1. The van der Waals surface area contributed by atoms with Crippen LogP contribution in [0.5, 0.6) is 5.75 Å². The third-order valence-electron chi connectivity index (χ3n) is 5.87. The van der Waals surface area contributed by atoms with Crippen molar-refractivity contribution in [1.82, 2.24) is 20.4 Å². The van der Waals surface area contributed by atoms with Gasteiger partial charge in [-0.2, -0.15) is 4.98 Å². The summed E-state index contributed by atoms with van der Waals surface area (Å²) in [5.74, 6) is 0.864. The van der Waals surface area contributed by atoms with Gasteiger partial charge in [0.15, 0.2) is 12.4 Å². The molecule has 0 spiro atoms. The number of hydrogen-bond donors (Lipinski definition) is 1. The van der Waals surface area contributed by atoms with Gasteiger partial charge in [0, 0.05) is 17.8 Å². The summed E-state index contributed by atoms with van der Waals surface area (Å²) < 4.78 is 11.2. The van der Waals surface area contributed by atoms with Gasteiger partial charge < -0.3 is 14.2 Å². The van der Waals surface area contributed by atoms with Gasteiger partial charge in [0.05, 0.1) is 6.04 Å². The normalized spacial score (nSPS) is 18.2. The van der Waals surface area contributed by atoms with Crippen molar-refractivity contribution in [3.8, 4) is 17.2 Å². The van der Waals surface area contributed by atoms with Crippen molar-refractivity contribution in [3.05, 3.63) is 60.4 Å². The fraction of sp³-hybridized carbons (Fsp3) is 0.292. The Morgan fingerprint density at radius 3 is 2.76 bits per heavy atom. The second-order valence-electron chi connectivity index (χ2n) is 8.15. The number of benzene rings is 2. The standard InChI is InChI=1S/C24H23N5O5/c30-20-14-29(24(32)25-20)17-8-6-7-16(13-17)23-26-22(27-34-23)19-11-4-5-12-28(19)21(31)15-33-18-9-2-1-3-10-18/h1-3,6-10,13,19H,4-5,11-12,14-15H2,(H,25,30,32)/t19-/m1/s1. The number of anilines is 1. The number of para-hydroxylation sites is 1. The van der Waals surface area contributed by atoms with E-state index in [9.17, 15) is 14.4 Å². The number of rotatable bonds is 6. The topological polar surface area (TPSA) is 118 Å². The molecule has 2 fully saturated rings. The molecule has 2 aromatic carbocycles. The largest absolute Gasteiger partial charge is 0.484 e. The molecule has 1 N–H and O–H groups in total. The van der Waals surface area contributed by atoms with E-state index >= 15 is 0 Å². The minimum Gasteiger partial charge on any atom is -0.484 e. The third kappa shape index (κ3) is 4.47. The molecule has 34 heavy (non-hydrogen) atoms. The van der Waals surface area contributed by atoms with E-state index in [0.29, 0.717) is 29.4 Å².